The fraction of sp³-hybridized carbons (Fsp3) is 0.200. The summed E-state index contributed by atoms with van der Waals surface area (Å²) in [7, 11) is 0. The molecule has 0 saturated carbocycles. The molecule has 2 amide bonds. The molecule has 0 radical (unpaired) electrons. The third kappa shape index (κ3) is 3.22. The molecule has 1 aromatic carbocycles. The van der Waals surface area contributed by atoms with Gasteiger partial charge in [0.05, 0.1) is 5.69 Å². The SMILES string of the molecule is O=C1COc2cc(C(=O)NCCc3cccs3)ccc2N1. The Labute approximate surface area is 125 Å². The summed E-state index contributed by atoms with van der Waals surface area (Å²) in [6.07, 6.45) is 0.820. The summed E-state index contributed by atoms with van der Waals surface area (Å²) in [5, 5.41) is 7.59. The van der Waals surface area contributed by atoms with Crippen molar-refractivity contribution in [2.24, 2.45) is 0 Å². The Morgan fingerprint density at radius 3 is 3.10 bits per heavy atom. The molecule has 1 aliphatic heterocycles. The van der Waals surface area contributed by atoms with Gasteiger partial charge in [-0.05, 0) is 36.1 Å². The molecule has 1 aliphatic rings. The molecule has 1 aromatic heterocycles. The molecule has 0 bridgehead atoms. The van der Waals surface area contributed by atoms with E-state index in [0.717, 1.165) is 6.42 Å². The zero-order valence-electron chi connectivity index (χ0n) is 11.2. The molecule has 0 spiro atoms. The first-order valence-electron chi connectivity index (χ1n) is 6.59. The van der Waals surface area contributed by atoms with E-state index in [1.807, 2.05) is 17.5 Å². The number of nitrogens with one attached hydrogen (secondary N) is 2. The van der Waals surface area contributed by atoms with Gasteiger partial charge in [-0.25, -0.2) is 0 Å². The number of carbonyl (C=O) groups is 2. The minimum Gasteiger partial charge on any atom is -0.482 e. The maximum Gasteiger partial charge on any atom is 0.262 e. The highest BCUT2D eigenvalue weighted by atomic mass is 32.1. The first-order valence-corrected chi connectivity index (χ1v) is 7.47. The number of rotatable bonds is 4. The summed E-state index contributed by atoms with van der Waals surface area (Å²) >= 11 is 1.68. The normalized spacial score (nSPS) is 13.0. The van der Waals surface area contributed by atoms with E-state index >= 15 is 0 Å². The average molecular weight is 302 g/mol. The zero-order valence-corrected chi connectivity index (χ0v) is 12.0. The standard InChI is InChI=1S/C15H14N2O3S/c18-14-9-20-13-8-10(3-4-12(13)17-14)15(19)16-6-5-11-2-1-7-21-11/h1-4,7-8H,5-6,9H2,(H,16,19)(H,17,18). The van der Waals surface area contributed by atoms with Crippen LogP contribution in [0.3, 0.4) is 0 Å². The van der Waals surface area contributed by atoms with Crippen LogP contribution in [-0.2, 0) is 11.2 Å². The van der Waals surface area contributed by atoms with Crippen LogP contribution in [-0.4, -0.2) is 25.0 Å². The third-order valence-electron chi connectivity index (χ3n) is 3.11. The van der Waals surface area contributed by atoms with Crippen LogP contribution in [0.25, 0.3) is 0 Å². The highest BCUT2D eigenvalue weighted by molar-refractivity contribution is 7.09. The fourth-order valence-electron chi connectivity index (χ4n) is 2.07. The number of fused-ring (bicyclic) bond motifs is 1. The van der Waals surface area contributed by atoms with Crippen LogP contribution in [0.1, 0.15) is 15.2 Å². The van der Waals surface area contributed by atoms with Gasteiger partial charge in [-0.3, -0.25) is 9.59 Å². The lowest BCUT2D eigenvalue weighted by molar-refractivity contribution is -0.118. The fourth-order valence-corrected chi connectivity index (χ4v) is 2.78. The highest BCUT2D eigenvalue weighted by Crippen LogP contribution is 2.28. The molecule has 2 N–H and O–H groups in total. The predicted molar refractivity (Wildman–Crippen MR) is 80.9 cm³/mol. The summed E-state index contributed by atoms with van der Waals surface area (Å²) in [4.78, 5) is 24.5. The van der Waals surface area contributed by atoms with E-state index in [-0.39, 0.29) is 18.4 Å². The summed E-state index contributed by atoms with van der Waals surface area (Å²) < 4.78 is 5.30. The van der Waals surface area contributed by atoms with E-state index in [1.54, 1.807) is 29.5 Å². The number of hydrogen-bond acceptors (Lipinski definition) is 4. The Kier molecular flexibility index (Phi) is 3.87. The number of anilines is 1. The van der Waals surface area contributed by atoms with Crippen molar-refractivity contribution in [2.45, 2.75) is 6.42 Å². The molecule has 2 heterocycles. The molecule has 0 atom stereocenters. The van der Waals surface area contributed by atoms with Gasteiger partial charge in [0.2, 0.25) is 0 Å². The molecule has 3 rings (SSSR count). The van der Waals surface area contributed by atoms with Gasteiger partial charge in [0.25, 0.3) is 11.8 Å². The lowest BCUT2D eigenvalue weighted by atomic mass is 10.1. The van der Waals surface area contributed by atoms with E-state index in [1.165, 1.54) is 4.88 Å². The lowest BCUT2D eigenvalue weighted by Gasteiger charge is -2.18. The summed E-state index contributed by atoms with van der Waals surface area (Å²) in [6, 6.07) is 9.05. The molecule has 0 fully saturated rings. The second-order valence-electron chi connectivity index (χ2n) is 4.63. The molecule has 0 unspecified atom stereocenters. The second kappa shape index (κ2) is 5.97. The molecule has 0 aliphatic carbocycles. The van der Waals surface area contributed by atoms with Crippen LogP contribution in [0.2, 0.25) is 0 Å². The van der Waals surface area contributed by atoms with Crippen molar-refractivity contribution >= 4 is 28.8 Å². The summed E-state index contributed by atoms with van der Waals surface area (Å²) in [5.74, 6) is 0.200. The van der Waals surface area contributed by atoms with Crippen molar-refractivity contribution in [1.82, 2.24) is 5.32 Å². The van der Waals surface area contributed by atoms with Crippen molar-refractivity contribution in [3.63, 3.8) is 0 Å². The van der Waals surface area contributed by atoms with Gasteiger partial charge < -0.3 is 15.4 Å². The Hall–Kier alpha value is -2.34. The highest BCUT2D eigenvalue weighted by Gasteiger charge is 2.17. The number of thiophene rings is 1. The van der Waals surface area contributed by atoms with E-state index in [9.17, 15) is 9.59 Å². The monoisotopic (exact) mass is 302 g/mol. The van der Waals surface area contributed by atoms with Crippen LogP contribution in [0.15, 0.2) is 35.7 Å². The van der Waals surface area contributed by atoms with Crippen LogP contribution < -0.4 is 15.4 Å². The predicted octanol–water partition coefficient (Wildman–Crippen LogP) is 2.05. The molecule has 5 nitrogen and oxygen atoms in total. The topological polar surface area (TPSA) is 67.4 Å². The number of amides is 2. The molecule has 21 heavy (non-hydrogen) atoms. The maximum absolute atomic E-state index is 12.1. The van der Waals surface area contributed by atoms with Crippen LogP contribution in [0.4, 0.5) is 5.69 Å². The van der Waals surface area contributed by atoms with Gasteiger partial charge in [-0.15, -0.1) is 11.3 Å². The second-order valence-corrected chi connectivity index (χ2v) is 5.67. The molecule has 0 saturated heterocycles. The van der Waals surface area contributed by atoms with Gasteiger partial charge in [-0.1, -0.05) is 6.07 Å². The van der Waals surface area contributed by atoms with Gasteiger partial charge in [-0.2, -0.15) is 0 Å². The number of carbonyl (C=O) groups excluding carboxylic acids is 2. The van der Waals surface area contributed by atoms with E-state index in [0.29, 0.717) is 23.5 Å². The maximum atomic E-state index is 12.1. The smallest absolute Gasteiger partial charge is 0.262 e. The minimum absolute atomic E-state index is 0.0174. The van der Waals surface area contributed by atoms with Gasteiger partial charge in [0.1, 0.15) is 5.75 Å². The average Bonchev–Trinajstić information content (AvgIpc) is 3.00. The van der Waals surface area contributed by atoms with Crippen molar-refractivity contribution in [1.29, 1.82) is 0 Å². The Morgan fingerprint density at radius 2 is 2.29 bits per heavy atom. The van der Waals surface area contributed by atoms with E-state index < -0.39 is 0 Å². The summed E-state index contributed by atoms with van der Waals surface area (Å²) in [5.41, 5.74) is 1.12. The number of hydrogen-bond donors (Lipinski definition) is 2. The quantitative estimate of drug-likeness (QED) is 0.908. The third-order valence-corrected chi connectivity index (χ3v) is 4.05. The zero-order chi connectivity index (χ0) is 14.7. The number of ether oxygens (including phenoxy) is 1. The van der Waals surface area contributed by atoms with Crippen molar-refractivity contribution in [3.05, 3.63) is 46.2 Å². The van der Waals surface area contributed by atoms with E-state index in [4.69, 9.17) is 4.74 Å². The molecular formula is C15H14N2O3S. The largest absolute Gasteiger partial charge is 0.482 e. The van der Waals surface area contributed by atoms with Crippen LogP contribution in [0.5, 0.6) is 5.75 Å². The van der Waals surface area contributed by atoms with Gasteiger partial charge in [0, 0.05) is 17.0 Å². The first kappa shape index (κ1) is 13.6. The van der Waals surface area contributed by atoms with Crippen molar-refractivity contribution in [2.75, 3.05) is 18.5 Å². The Balaban J connectivity index is 1.61. The number of benzene rings is 1. The van der Waals surface area contributed by atoms with Gasteiger partial charge in [0.15, 0.2) is 6.61 Å². The first-order chi connectivity index (χ1) is 10.2. The Morgan fingerprint density at radius 1 is 1.38 bits per heavy atom. The molecular weight excluding hydrogens is 288 g/mol. The van der Waals surface area contributed by atoms with E-state index in [2.05, 4.69) is 10.6 Å². The Bertz CT molecular complexity index is 668. The summed E-state index contributed by atoms with van der Waals surface area (Å²) in [6.45, 7) is 0.574. The van der Waals surface area contributed by atoms with Crippen LogP contribution in [0, 0.1) is 0 Å². The minimum atomic E-state index is -0.185. The molecule has 108 valence electrons. The van der Waals surface area contributed by atoms with Gasteiger partial charge >= 0.3 is 0 Å². The van der Waals surface area contributed by atoms with Crippen molar-refractivity contribution < 1.29 is 14.3 Å². The molecule has 6 heteroatoms. The lowest BCUT2D eigenvalue weighted by Crippen LogP contribution is -2.27. The molecule has 2 aromatic rings. The van der Waals surface area contributed by atoms with Crippen LogP contribution >= 0.6 is 11.3 Å². The van der Waals surface area contributed by atoms with Crippen molar-refractivity contribution in [3.8, 4) is 5.75 Å².